The Morgan fingerprint density at radius 2 is 1.33 bits per heavy atom. The molecule has 2 amide bonds. The Kier molecular flexibility index (Phi) is 18.4. The van der Waals surface area contributed by atoms with E-state index >= 15 is 0 Å². The van der Waals surface area contributed by atoms with Gasteiger partial charge in [-0.25, -0.2) is 4.79 Å². The van der Waals surface area contributed by atoms with Crippen molar-refractivity contribution in [3.63, 3.8) is 0 Å². The number of unbranched alkanes of at least 4 members (excludes halogenated alkanes) is 10. The summed E-state index contributed by atoms with van der Waals surface area (Å²) in [7, 11) is 0. The largest absolute Gasteiger partial charge is 0.481 e. The van der Waals surface area contributed by atoms with Crippen LogP contribution in [0.1, 0.15) is 96.8 Å². The third kappa shape index (κ3) is 17.6. The minimum atomic E-state index is -1.43. The summed E-state index contributed by atoms with van der Waals surface area (Å²) >= 11 is 0. The van der Waals surface area contributed by atoms with Gasteiger partial charge in [-0.3, -0.25) is 19.2 Å². The first-order valence-corrected chi connectivity index (χ1v) is 11.9. The standard InChI is InChI=1S/C23H40N2O8/c1-2-3-4-5-6-7-8-9-10-11-12-13-20(27)24-19(16-33-17-26)22(30)25-18(23(31)32)14-15-21(28)29/h17-19H,2-16H2,1H3,(H,24,27)(H,25,30)(H,28,29)(H,31,32). The van der Waals surface area contributed by atoms with Crippen molar-refractivity contribution in [1.82, 2.24) is 10.6 Å². The van der Waals surface area contributed by atoms with Gasteiger partial charge in [-0.05, 0) is 12.8 Å². The molecule has 0 aromatic heterocycles. The van der Waals surface area contributed by atoms with Crippen molar-refractivity contribution in [3.8, 4) is 0 Å². The number of carbonyl (C=O) groups excluding carboxylic acids is 3. The molecule has 0 rings (SSSR count). The zero-order chi connectivity index (χ0) is 24.9. The Bertz CT molecular complexity index is 597. The number of amides is 2. The van der Waals surface area contributed by atoms with Crippen LogP contribution in [-0.2, 0) is 28.7 Å². The minimum absolute atomic E-state index is 0.120. The summed E-state index contributed by atoms with van der Waals surface area (Å²) in [6.07, 6.45) is 12.0. The summed E-state index contributed by atoms with van der Waals surface area (Å²) in [6, 6.07) is -2.70. The molecule has 0 saturated heterocycles. The van der Waals surface area contributed by atoms with Gasteiger partial charge in [0.1, 0.15) is 18.7 Å². The number of nitrogens with one attached hydrogen (secondary N) is 2. The van der Waals surface area contributed by atoms with Crippen LogP contribution in [-0.4, -0.2) is 59.1 Å². The molecule has 0 fully saturated rings. The van der Waals surface area contributed by atoms with E-state index in [1.54, 1.807) is 0 Å². The second-order valence-electron chi connectivity index (χ2n) is 8.17. The van der Waals surface area contributed by atoms with E-state index in [9.17, 15) is 24.0 Å². The summed E-state index contributed by atoms with van der Waals surface area (Å²) in [6.45, 7) is 1.87. The number of aliphatic carboxylic acids is 2. The Balaban J connectivity index is 4.28. The van der Waals surface area contributed by atoms with Crippen LogP contribution in [0.25, 0.3) is 0 Å². The highest BCUT2D eigenvalue weighted by molar-refractivity contribution is 5.90. The van der Waals surface area contributed by atoms with E-state index in [2.05, 4.69) is 22.3 Å². The first-order chi connectivity index (χ1) is 15.8. The molecule has 0 heterocycles. The van der Waals surface area contributed by atoms with Gasteiger partial charge in [0, 0.05) is 12.8 Å². The van der Waals surface area contributed by atoms with Crippen molar-refractivity contribution in [2.45, 2.75) is 109 Å². The number of ether oxygens (including phenoxy) is 1. The van der Waals surface area contributed by atoms with E-state index < -0.39 is 48.9 Å². The van der Waals surface area contributed by atoms with Crippen molar-refractivity contribution >= 4 is 30.2 Å². The Hall–Kier alpha value is -2.65. The lowest BCUT2D eigenvalue weighted by atomic mass is 10.1. The van der Waals surface area contributed by atoms with Gasteiger partial charge in [0.25, 0.3) is 6.47 Å². The number of carbonyl (C=O) groups is 5. The molecule has 0 aliphatic carbocycles. The van der Waals surface area contributed by atoms with Gasteiger partial charge < -0.3 is 25.6 Å². The highest BCUT2D eigenvalue weighted by Crippen LogP contribution is 2.12. The summed E-state index contributed by atoms with van der Waals surface area (Å²) in [5, 5.41) is 22.5. The lowest BCUT2D eigenvalue weighted by Crippen LogP contribution is -2.53. The molecule has 2 unspecified atom stereocenters. The molecule has 10 nitrogen and oxygen atoms in total. The minimum Gasteiger partial charge on any atom is -0.481 e. The maximum atomic E-state index is 12.4. The van der Waals surface area contributed by atoms with Crippen molar-refractivity contribution in [2.24, 2.45) is 0 Å². The zero-order valence-electron chi connectivity index (χ0n) is 19.7. The van der Waals surface area contributed by atoms with Gasteiger partial charge in [-0.15, -0.1) is 0 Å². The fourth-order valence-corrected chi connectivity index (χ4v) is 3.33. The zero-order valence-corrected chi connectivity index (χ0v) is 19.7. The Morgan fingerprint density at radius 3 is 1.82 bits per heavy atom. The lowest BCUT2D eigenvalue weighted by molar-refractivity contribution is -0.144. The van der Waals surface area contributed by atoms with Crippen LogP contribution >= 0.6 is 0 Å². The first kappa shape index (κ1) is 30.4. The second-order valence-corrected chi connectivity index (χ2v) is 8.17. The predicted molar refractivity (Wildman–Crippen MR) is 121 cm³/mol. The van der Waals surface area contributed by atoms with Crippen LogP contribution in [0.2, 0.25) is 0 Å². The molecule has 0 spiro atoms. The summed E-state index contributed by atoms with van der Waals surface area (Å²) in [5.41, 5.74) is 0. The number of carboxylic acid groups (broad SMARTS) is 2. The van der Waals surface area contributed by atoms with Crippen molar-refractivity contribution < 1.29 is 38.9 Å². The average Bonchev–Trinajstić information content (AvgIpc) is 2.77. The maximum absolute atomic E-state index is 12.4. The maximum Gasteiger partial charge on any atom is 0.326 e. The van der Waals surface area contributed by atoms with Crippen LogP contribution in [0, 0.1) is 0 Å². The normalized spacial score (nSPS) is 12.4. The third-order valence-electron chi connectivity index (χ3n) is 5.25. The van der Waals surface area contributed by atoms with Gasteiger partial charge in [0.05, 0.1) is 0 Å². The monoisotopic (exact) mass is 472 g/mol. The van der Waals surface area contributed by atoms with Gasteiger partial charge in [0.15, 0.2) is 0 Å². The number of hydrogen-bond acceptors (Lipinski definition) is 6. The number of rotatable bonds is 22. The van der Waals surface area contributed by atoms with Gasteiger partial charge in [0.2, 0.25) is 11.8 Å². The molecule has 10 heteroatoms. The number of hydrogen-bond donors (Lipinski definition) is 4. The smallest absolute Gasteiger partial charge is 0.326 e. The van der Waals surface area contributed by atoms with Gasteiger partial charge >= 0.3 is 11.9 Å². The molecule has 190 valence electrons. The fraction of sp³-hybridized carbons (Fsp3) is 0.783. The highest BCUT2D eigenvalue weighted by Gasteiger charge is 2.27. The summed E-state index contributed by atoms with van der Waals surface area (Å²) in [4.78, 5) is 57.0. The molecule has 0 bridgehead atoms. The predicted octanol–water partition coefficient (Wildman–Crippen LogP) is 2.78. The van der Waals surface area contributed by atoms with Crippen LogP contribution < -0.4 is 10.6 Å². The van der Waals surface area contributed by atoms with Crippen LogP contribution in [0.15, 0.2) is 0 Å². The molecule has 0 radical (unpaired) electrons. The highest BCUT2D eigenvalue weighted by atomic mass is 16.5. The van der Waals surface area contributed by atoms with Crippen molar-refractivity contribution in [2.75, 3.05) is 6.61 Å². The van der Waals surface area contributed by atoms with Crippen molar-refractivity contribution in [1.29, 1.82) is 0 Å². The summed E-state index contributed by atoms with van der Waals surface area (Å²) < 4.78 is 4.57. The van der Waals surface area contributed by atoms with E-state index in [1.165, 1.54) is 44.9 Å². The SMILES string of the molecule is CCCCCCCCCCCCCC(=O)NC(COC=O)C(=O)NC(CCC(=O)O)C(=O)O. The molecule has 0 saturated carbocycles. The molecule has 0 aromatic carbocycles. The van der Waals surface area contributed by atoms with E-state index in [0.717, 1.165) is 19.3 Å². The van der Waals surface area contributed by atoms with E-state index in [-0.39, 0.29) is 19.3 Å². The van der Waals surface area contributed by atoms with E-state index in [1.807, 2.05) is 0 Å². The first-order valence-electron chi connectivity index (χ1n) is 11.9. The number of carboxylic acids is 2. The fourth-order valence-electron chi connectivity index (χ4n) is 3.33. The van der Waals surface area contributed by atoms with E-state index in [0.29, 0.717) is 6.42 Å². The molecular weight excluding hydrogens is 432 g/mol. The van der Waals surface area contributed by atoms with Crippen LogP contribution in [0.4, 0.5) is 0 Å². The summed E-state index contributed by atoms with van der Waals surface area (Å²) in [5.74, 6) is -3.86. The molecule has 2 atom stereocenters. The molecular formula is C23H40N2O8. The molecule has 0 aliphatic rings. The van der Waals surface area contributed by atoms with Crippen LogP contribution in [0.3, 0.4) is 0 Å². The van der Waals surface area contributed by atoms with E-state index in [4.69, 9.17) is 10.2 Å². The quantitative estimate of drug-likeness (QED) is 0.138. The van der Waals surface area contributed by atoms with Gasteiger partial charge in [-0.2, -0.15) is 0 Å². The molecule has 0 aromatic rings. The third-order valence-corrected chi connectivity index (χ3v) is 5.25. The molecule has 0 aliphatic heterocycles. The second kappa shape index (κ2) is 20.0. The lowest BCUT2D eigenvalue weighted by Gasteiger charge is -2.20. The average molecular weight is 473 g/mol. The topological polar surface area (TPSA) is 159 Å². The Morgan fingerprint density at radius 1 is 0.788 bits per heavy atom. The molecule has 4 N–H and O–H groups in total. The van der Waals surface area contributed by atoms with Gasteiger partial charge in [-0.1, -0.05) is 71.1 Å². The van der Waals surface area contributed by atoms with Crippen LogP contribution in [0.5, 0.6) is 0 Å². The van der Waals surface area contributed by atoms with Crippen molar-refractivity contribution in [3.05, 3.63) is 0 Å². The molecule has 33 heavy (non-hydrogen) atoms. The Labute approximate surface area is 195 Å².